The fourth-order valence-corrected chi connectivity index (χ4v) is 3.50. The minimum atomic E-state index is -0.967. The Labute approximate surface area is 164 Å². The van der Waals surface area contributed by atoms with Crippen molar-refractivity contribution in [2.24, 2.45) is 0 Å². The number of pyridine rings is 1. The molecule has 0 aliphatic carbocycles. The molecule has 0 bridgehead atoms. The van der Waals surface area contributed by atoms with Gasteiger partial charge in [0.15, 0.2) is 0 Å². The van der Waals surface area contributed by atoms with E-state index in [1.54, 1.807) is 30.5 Å². The Bertz CT molecular complexity index is 924. The van der Waals surface area contributed by atoms with Crippen LogP contribution in [0.5, 0.6) is 0 Å². The molecular weight excluding hydrogens is 393 g/mol. The van der Waals surface area contributed by atoms with Gasteiger partial charge in [0.05, 0.1) is 6.54 Å². The van der Waals surface area contributed by atoms with Crippen LogP contribution in [0.25, 0.3) is 0 Å². The van der Waals surface area contributed by atoms with E-state index in [9.17, 15) is 14.4 Å². The van der Waals surface area contributed by atoms with Gasteiger partial charge in [-0.1, -0.05) is 29.3 Å². The molecule has 0 unspecified atom stereocenters. The lowest BCUT2D eigenvalue weighted by atomic mass is 10.1. The summed E-state index contributed by atoms with van der Waals surface area (Å²) in [6.07, 6.45) is 1.81. The van der Waals surface area contributed by atoms with Crippen molar-refractivity contribution in [2.75, 3.05) is 6.54 Å². The van der Waals surface area contributed by atoms with E-state index in [0.717, 1.165) is 0 Å². The number of rotatable bonds is 5. The van der Waals surface area contributed by atoms with Gasteiger partial charge in [0.25, 0.3) is 11.5 Å². The topological polar surface area (TPSA) is 100 Å². The van der Waals surface area contributed by atoms with Gasteiger partial charge in [0, 0.05) is 34.4 Å². The van der Waals surface area contributed by atoms with Gasteiger partial charge in [-0.3, -0.25) is 14.4 Å². The van der Waals surface area contributed by atoms with Crippen molar-refractivity contribution in [3.63, 3.8) is 0 Å². The maximum Gasteiger partial charge on any atom is 0.320 e. The zero-order valence-electron chi connectivity index (χ0n) is 14.1. The third-order valence-electron chi connectivity index (χ3n) is 4.42. The van der Waals surface area contributed by atoms with E-state index in [2.05, 4.69) is 10.6 Å². The normalized spacial score (nSPS) is 19.0. The zero-order chi connectivity index (χ0) is 19.6. The Morgan fingerprint density at radius 2 is 1.93 bits per heavy atom. The SMILES string of the molecule is O=C(N[C@@H]1CN[C@H](C(=O)O)C1)c1cccn(Cc2c(Cl)cccc2Cl)c1=O. The monoisotopic (exact) mass is 409 g/mol. The van der Waals surface area contributed by atoms with Crippen LogP contribution in [0.3, 0.4) is 0 Å². The van der Waals surface area contributed by atoms with Gasteiger partial charge < -0.3 is 20.3 Å². The molecule has 3 rings (SSSR count). The first kappa shape index (κ1) is 19.4. The molecule has 3 N–H and O–H groups in total. The van der Waals surface area contributed by atoms with Gasteiger partial charge >= 0.3 is 5.97 Å². The minimum Gasteiger partial charge on any atom is -0.480 e. The number of nitrogens with zero attached hydrogens (tertiary/aromatic N) is 1. The number of carbonyl (C=O) groups excluding carboxylic acids is 1. The van der Waals surface area contributed by atoms with Crippen LogP contribution < -0.4 is 16.2 Å². The third kappa shape index (κ3) is 4.32. The molecule has 7 nitrogen and oxygen atoms in total. The molecule has 2 atom stereocenters. The molecule has 2 aromatic rings. The molecule has 1 aliphatic heterocycles. The maximum atomic E-state index is 12.7. The van der Waals surface area contributed by atoms with Crippen LogP contribution in [0.15, 0.2) is 41.3 Å². The lowest BCUT2D eigenvalue weighted by molar-refractivity contribution is -0.139. The smallest absolute Gasteiger partial charge is 0.320 e. The highest BCUT2D eigenvalue weighted by molar-refractivity contribution is 6.35. The summed E-state index contributed by atoms with van der Waals surface area (Å²) in [6, 6.07) is 7.02. The van der Waals surface area contributed by atoms with Crippen molar-refractivity contribution in [3.8, 4) is 0 Å². The quantitative estimate of drug-likeness (QED) is 0.698. The number of aromatic nitrogens is 1. The summed E-state index contributed by atoms with van der Waals surface area (Å²) in [5, 5.41) is 15.4. The van der Waals surface area contributed by atoms with Gasteiger partial charge in [0.1, 0.15) is 11.6 Å². The fraction of sp³-hybridized carbons (Fsp3) is 0.278. The third-order valence-corrected chi connectivity index (χ3v) is 5.13. The molecule has 9 heteroatoms. The molecule has 1 aromatic heterocycles. The number of halogens is 2. The number of aliphatic carboxylic acids is 1. The van der Waals surface area contributed by atoms with Crippen LogP contribution in [0.4, 0.5) is 0 Å². The highest BCUT2D eigenvalue weighted by Crippen LogP contribution is 2.24. The molecule has 1 saturated heterocycles. The van der Waals surface area contributed by atoms with Crippen LogP contribution in [0, 0.1) is 0 Å². The van der Waals surface area contributed by atoms with Gasteiger partial charge in [-0.15, -0.1) is 0 Å². The first-order chi connectivity index (χ1) is 12.9. The Morgan fingerprint density at radius 1 is 1.22 bits per heavy atom. The molecule has 1 fully saturated rings. The van der Waals surface area contributed by atoms with E-state index in [0.29, 0.717) is 22.2 Å². The van der Waals surface area contributed by atoms with E-state index < -0.39 is 23.5 Å². The van der Waals surface area contributed by atoms with Crippen molar-refractivity contribution in [2.45, 2.75) is 25.0 Å². The number of benzene rings is 1. The average Bonchev–Trinajstić information content (AvgIpc) is 3.08. The predicted molar refractivity (Wildman–Crippen MR) is 102 cm³/mol. The molecule has 142 valence electrons. The predicted octanol–water partition coefficient (Wildman–Crippen LogP) is 1.75. The second-order valence-electron chi connectivity index (χ2n) is 6.26. The summed E-state index contributed by atoms with van der Waals surface area (Å²) in [4.78, 5) is 36.2. The second-order valence-corrected chi connectivity index (χ2v) is 7.07. The van der Waals surface area contributed by atoms with Crippen molar-refractivity contribution < 1.29 is 14.7 Å². The summed E-state index contributed by atoms with van der Waals surface area (Å²) in [5.74, 6) is -1.51. The van der Waals surface area contributed by atoms with E-state index in [1.807, 2.05) is 0 Å². The van der Waals surface area contributed by atoms with Gasteiger partial charge in [-0.25, -0.2) is 0 Å². The van der Waals surface area contributed by atoms with Crippen molar-refractivity contribution in [1.29, 1.82) is 0 Å². The van der Waals surface area contributed by atoms with E-state index in [-0.39, 0.29) is 24.6 Å². The van der Waals surface area contributed by atoms with Crippen LogP contribution in [-0.2, 0) is 11.3 Å². The summed E-state index contributed by atoms with van der Waals surface area (Å²) >= 11 is 12.3. The molecule has 0 spiro atoms. The fourth-order valence-electron chi connectivity index (χ4n) is 2.98. The van der Waals surface area contributed by atoms with Crippen LogP contribution in [0.2, 0.25) is 10.0 Å². The second kappa shape index (κ2) is 8.12. The van der Waals surface area contributed by atoms with Crippen LogP contribution >= 0.6 is 23.2 Å². The average molecular weight is 410 g/mol. The lowest BCUT2D eigenvalue weighted by Crippen LogP contribution is -2.39. The Hall–Kier alpha value is -2.35. The molecule has 2 heterocycles. The van der Waals surface area contributed by atoms with E-state index in [4.69, 9.17) is 28.3 Å². The number of nitrogens with one attached hydrogen (secondary N) is 2. The standard InChI is InChI=1S/C18H17Cl2N3O4/c19-13-4-1-5-14(20)12(13)9-23-6-2-3-11(17(23)25)16(24)22-10-7-15(18(26)27)21-8-10/h1-6,10,15,21H,7-9H2,(H,22,24)(H,26,27)/t10-,15-/m0/s1. The van der Waals surface area contributed by atoms with Crippen molar-refractivity contribution in [3.05, 3.63) is 68.1 Å². The highest BCUT2D eigenvalue weighted by atomic mass is 35.5. The first-order valence-electron chi connectivity index (χ1n) is 8.26. The zero-order valence-corrected chi connectivity index (χ0v) is 15.6. The molecule has 1 aliphatic rings. The highest BCUT2D eigenvalue weighted by Gasteiger charge is 2.30. The van der Waals surface area contributed by atoms with Gasteiger partial charge in [-0.2, -0.15) is 0 Å². The van der Waals surface area contributed by atoms with Crippen molar-refractivity contribution >= 4 is 35.1 Å². The lowest BCUT2D eigenvalue weighted by Gasteiger charge is -2.13. The Kier molecular flexibility index (Phi) is 5.84. The summed E-state index contributed by atoms with van der Waals surface area (Å²) < 4.78 is 1.36. The number of amides is 1. The van der Waals surface area contributed by atoms with E-state index >= 15 is 0 Å². The number of carbonyl (C=O) groups is 2. The van der Waals surface area contributed by atoms with Gasteiger partial charge in [-0.05, 0) is 30.7 Å². The largest absolute Gasteiger partial charge is 0.480 e. The maximum absolute atomic E-state index is 12.7. The molecule has 1 amide bonds. The van der Waals surface area contributed by atoms with Crippen LogP contribution in [0.1, 0.15) is 22.3 Å². The Morgan fingerprint density at radius 3 is 2.56 bits per heavy atom. The van der Waals surface area contributed by atoms with E-state index in [1.165, 1.54) is 10.6 Å². The Balaban J connectivity index is 1.78. The van der Waals surface area contributed by atoms with Gasteiger partial charge in [0.2, 0.25) is 0 Å². The minimum absolute atomic E-state index is 0.0283. The molecular formula is C18H17Cl2N3O4. The molecule has 0 saturated carbocycles. The first-order valence-corrected chi connectivity index (χ1v) is 9.02. The molecule has 1 aromatic carbocycles. The van der Waals surface area contributed by atoms with Crippen LogP contribution in [-0.4, -0.2) is 40.2 Å². The van der Waals surface area contributed by atoms with Crippen molar-refractivity contribution in [1.82, 2.24) is 15.2 Å². The molecule has 0 radical (unpaired) electrons. The number of carboxylic acids is 1. The number of hydrogen-bond acceptors (Lipinski definition) is 4. The molecule has 27 heavy (non-hydrogen) atoms. The summed E-state index contributed by atoms with van der Waals surface area (Å²) in [5.41, 5.74) is 0.0796. The summed E-state index contributed by atoms with van der Waals surface area (Å²) in [6.45, 7) is 0.462. The number of hydrogen-bond donors (Lipinski definition) is 3. The number of carboxylic acid groups (broad SMARTS) is 1. The summed E-state index contributed by atoms with van der Waals surface area (Å²) in [7, 11) is 0.